The Bertz CT molecular complexity index is 675. The second kappa shape index (κ2) is 5.80. The monoisotopic (exact) mass is 292 g/mol. The predicted octanol–water partition coefficient (Wildman–Crippen LogP) is 4.29. The van der Waals surface area contributed by atoms with E-state index in [2.05, 4.69) is 19.1 Å². The van der Waals surface area contributed by atoms with Gasteiger partial charge in [0, 0.05) is 5.92 Å². The Labute approximate surface area is 131 Å². The summed E-state index contributed by atoms with van der Waals surface area (Å²) in [6, 6.07) is 20.2. The van der Waals surface area contributed by atoms with Crippen molar-refractivity contribution in [3.05, 3.63) is 77.9 Å². The third kappa shape index (κ3) is 2.35. The Balaban J connectivity index is 1.94. The van der Waals surface area contributed by atoms with Gasteiger partial charge in [-0.3, -0.25) is 4.79 Å². The molecular formula is C20H20O2. The lowest BCUT2D eigenvalue weighted by molar-refractivity contribution is -0.145. The Kier molecular flexibility index (Phi) is 3.84. The predicted molar refractivity (Wildman–Crippen MR) is 88.3 cm³/mol. The lowest BCUT2D eigenvalue weighted by Crippen LogP contribution is -2.18. The van der Waals surface area contributed by atoms with Gasteiger partial charge in [0.15, 0.2) is 0 Å². The van der Waals surface area contributed by atoms with Crippen LogP contribution in [0.2, 0.25) is 0 Å². The molecule has 0 heterocycles. The van der Waals surface area contributed by atoms with Gasteiger partial charge >= 0.3 is 5.97 Å². The number of methoxy groups -OCH3 is 1. The molecule has 0 bridgehead atoms. The van der Waals surface area contributed by atoms with Crippen LogP contribution in [-0.4, -0.2) is 13.1 Å². The Hall–Kier alpha value is -2.35. The number of hydrogen-bond donors (Lipinski definition) is 0. The molecule has 3 atom stereocenters. The van der Waals surface area contributed by atoms with Gasteiger partial charge in [0.05, 0.1) is 12.5 Å². The van der Waals surface area contributed by atoms with E-state index < -0.39 is 5.41 Å². The first-order chi connectivity index (χ1) is 10.7. The van der Waals surface area contributed by atoms with Gasteiger partial charge in [-0.15, -0.1) is 0 Å². The van der Waals surface area contributed by atoms with Crippen molar-refractivity contribution in [1.29, 1.82) is 0 Å². The third-order valence-corrected chi connectivity index (χ3v) is 4.71. The van der Waals surface area contributed by atoms with E-state index in [0.717, 1.165) is 5.56 Å². The van der Waals surface area contributed by atoms with Crippen LogP contribution in [0.1, 0.15) is 24.0 Å². The minimum absolute atomic E-state index is 0.152. The molecule has 1 saturated carbocycles. The second-order valence-corrected chi connectivity index (χ2v) is 5.85. The highest BCUT2D eigenvalue weighted by Gasteiger charge is 2.66. The van der Waals surface area contributed by atoms with Crippen LogP contribution < -0.4 is 0 Å². The summed E-state index contributed by atoms with van der Waals surface area (Å²) in [6.45, 7) is 2.11. The lowest BCUT2D eigenvalue weighted by atomic mass is 9.97. The summed E-state index contributed by atoms with van der Waals surface area (Å²) < 4.78 is 5.10. The number of rotatable bonds is 4. The maximum atomic E-state index is 12.4. The first kappa shape index (κ1) is 14.6. The van der Waals surface area contributed by atoms with E-state index in [0.29, 0.717) is 0 Å². The van der Waals surface area contributed by atoms with Crippen molar-refractivity contribution >= 4 is 12.0 Å². The minimum Gasteiger partial charge on any atom is -0.468 e. The molecule has 0 aliphatic heterocycles. The van der Waals surface area contributed by atoms with Crippen LogP contribution in [0.5, 0.6) is 0 Å². The van der Waals surface area contributed by atoms with Crippen molar-refractivity contribution in [3.8, 4) is 0 Å². The van der Waals surface area contributed by atoms with Crippen molar-refractivity contribution in [2.24, 2.45) is 11.3 Å². The highest BCUT2D eigenvalue weighted by molar-refractivity contribution is 5.87. The van der Waals surface area contributed by atoms with Gasteiger partial charge < -0.3 is 4.74 Å². The zero-order chi connectivity index (χ0) is 15.6. The molecule has 0 saturated heterocycles. The maximum Gasteiger partial charge on any atom is 0.316 e. The van der Waals surface area contributed by atoms with E-state index in [-0.39, 0.29) is 17.8 Å². The molecule has 112 valence electrons. The smallest absolute Gasteiger partial charge is 0.316 e. The van der Waals surface area contributed by atoms with E-state index in [1.807, 2.05) is 60.7 Å². The van der Waals surface area contributed by atoms with Crippen molar-refractivity contribution in [3.63, 3.8) is 0 Å². The molecule has 1 aliphatic carbocycles. The lowest BCUT2D eigenvalue weighted by Gasteiger charge is -2.11. The summed E-state index contributed by atoms with van der Waals surface area (Å²) in [4.78, 5) is 12.4. The highest BCUT2D eigenvalue weighted by Crippen LogP contribution is 2.66. The third-order valence-electron chi connectivity index (χ3n) is 4.71. The molecular weight excluding hydrogens is 272 g/mol. The van der Waals surface area contributed by atoms with Crippen LogP contribution in [0.15, 0.2) is 66.7 Å². The molecule has 0 aromatic heterocycles. The average Bonchev–Trinajstić information content (AvgIpc) is 3.19. The number of hydrogen-bond acceptors (Lipinski definition) is 2. The molecule has 0 amide bonds. The molecule has 22 heavy (non-hydrogen) atoms. The average molecular weight is 292 g/mol. The number of benzene rings is 2. The second-order valence-electron chi connectivity index (χ2n) is 5.85. The maximum absolute atomic E-state index is 12.4. The Morgan fingerprint density at radius 1 is 1.05 bits per heavy atom. The summed E-state index contributed by atoms with van der Waals surface area (Å²) in [6.07, 6.45) is 4.05. The van der Waals surface area contributed by atoms with Crippen LogP contribution in [0.4, 0.5) is 0 Å². The van der Waals surface area contributed by atoms with Crippen LogP contribution in [0, 0.1) is 11.3 Å². The first-order valence-corrected chi connectivity index (χ1v) is 7.58. The molecule has 1 aliphatic rings. The number of ether oxygens (including phenoxy) is 1. The van der Waals surface area contributed by atoms with Gasteiger partial charge in [-0.2, -0.15) is 0 Å². The van der Waals surface area contributed by atoms with E-state index in [4.69, 9.17) is 4.74 Å². The van der Waals surface area contributed by atoms with E-state index in [9.17, 15) is 4.79 Å². The summed E-state index contributed by atoms with van der Waals surface area (Å²) in [7, 11) is 1.47. The molecule has 0 spiro atoms. The number of carbonyl (C=O) groups excluding carboxylic acids is 1. The van der Waals surface area contributed by atoms with Gasteiger partial charge in [-0.1, -0.05) is 79.7 Å². The van der Waals surface area contributed by atoms with Gasteiger partial charge in [0.1, 0.15) is 0 Å². The fourth-order valence-electron chi connectivity index (χ4n) is 3.42. The zero-order valence-electron chi connectivity index (χ0n) is 12.9. The minimum atomic E-state index is -0.550. The number of carbonyl (C=O) groups is 1. The van der Waals surface area contributed by atoms with E-state index in [1.165, 1.54) is 12.7 Å². The summed E-state index contributed by atoms with van der Waals surface area (Å²) in [5, 5.41) is 0. The van der Waals surface area contributed by atoms with Crippen LogP contribution in [0.3, 0.4) is 0 Å². The topological polar surface area (TPSA) is 26.3 Å². The van der Waals surface area contributed by atoms with Crippen molar-refractivity contribution in [2.45, 2.75) is 12.8 Å². The molecule has 0 N–H and O–H groups in total. The number of esters is 1. The van der Waals surface area contributed by atoms with Gasteiger partial charge in [0.2, 0.25) is 0 Å². The Morgan fingerprint density at radius 2 is 1.64 bits per heavy atom. The van der Waals surface area contributed by atoms with Gasteiger partial charge in [-0.25, -0.2) is 0 Å². The van der Waals surface area contributed by atoms with E-state index >= 15 is 0 Å². The Morgan fingerprint density at radius 3 is 2.23 bits per heavy atom. The molecule has 2 heteroatoms. The zero-order valence-corrected chi connectivity index (χ0v) is 12.9. The molecule has 0 radical (unpaired) electrons. The van der Waals surface area contributed by atoms with Gasteiger partial charge in [0.25, 0.3) is 0 Å². The molecule has 1 fully saturated rings. The van der Waals surface area contributed by atoms with Gasteiger partial charge in [-0.05, 0) is 17.0 Å². The first-order valence-electron chi connectivity index (χ1n) is 7.58. The summed E-state index contributed by atoms with van der Waals surface area (Å²) in [5.41, 5.74) is 1.74. The normalized spacial score (nSPS) is 26.8. The van der Waals surface area contributed by atoms with Crippen LogP contribution in [0.25, 0.3) is 6.08 Å². The summed E-state index contributed by atoms with van der Waals surface area (Å²) in [5.74, 6) is 0.268. The van der Waals surface area contributed by atoms with Crippen molar-refractivity contribution in [1.82, 2.24) is 0 Å². The summed E-state index contributed by atoms with van der Waals surface area (Å²) >= 11 is 0. The fourth-order valence-corrected chi connectivity index (χ4v) is 3.42. The van der Waals surface area contributed by atoms with Crippen LogP contribution >= 0.6 is 0 Å². The highest BCUT2D eigenvalue weighted by atomic mass is 16.5. The largest absolute Gasteiger partial charge is 0.468 e. The van der Waals surface area contributed by atoms with E-state index in [1.54, 1.807) is 0 Å². The SMILES string of the molecule is COC(=O)C1(/C=C/c2ccccc2)C(C)C1c1ccccc1. The molecule has 3 rings (SSSR count). The fraction of sp³-hybridized carbons (Fsp3) is 0.250. The molecule has 2 aromatic carbocycles. The van der Waals surface area contributed by atoms with Crippen molar-refractivity contribution in [2.75, 3.05) is 7.11 Å². The molecule has 2 aromatic rings. The molecule has 3 unspecified atom stereocenters. The van der Waals surface area contributed by atoms with Crippen molar-refractivity contribution < 1.29 is 9.53 Å². The van der Waals surface area contributed by atoms with Crippen LogP contribution in [-0.2, 0) is 9.53 Å². The standard InChI is InChI=1S/C20H20O2/c1-15-18(17-11-7-4-8-12-17)20(15,19(21)22-2)14-13-16-9-5-3-6-10-16/h3-15,18H,1-2H3/b14-13+. The molecule has 2 nitrogen and oxygen atoms in total. The quantitative estimate of drug-likeness (QED) is 0.786.